The van der Waals surface area contributed by atoms with Crippen LogP contribution in [0.5, 0.6) is 0 Å². The van der Waals surface area contributed by atoms with Crippen LogP contribution >= 0.6 is 0 Å². The predicted molar refractivity (Wildman–Crippen MR) is 55.5 cm³/mol. The van der Waals surface area contributed by atoms with Crippen LogP contribution in [0.2, 0.25) is 0 Å². The highest BCUT2D eigenvalue weighted by Crippen LogP contribution is 2.19. The van der Waals surface area contributed by atoms with Gasteiger partial charge in [-0.05, 0) is 34.1 Å². The molecule has 0 spiro atoms. The second kappa shape index (κ2) is 5.69. The van der Waals surface area contributed by atoms with Gasteiger partial charge >= 0.3 is 0 Å². The van der Waals surface area contributed by atoms with E-state index in [2.05, 4.69) is 13.8 Å². The molecule has 84 valence electrons. The van der Waals surface area contributed by atoms with E-state index in [0.717, 1.165) is 13.0 Å². The van der Waals surface area contributed by atoms with Crippen LogP contribution in [-0.2, 0) is 14.2 Å². The highest BCUT2D eigenvalue weighted by Gasteiger charge is 2.30. The molecule has 1 rings (SSSR count). The van der Waals surface area contributed by atoms with Crippen molar-refractivity contribution in [2.75, 3.05) is 13.2 Å². The Labute approximate surface area is 86.7 Å². The normalized spacial score (nSPS) is 27.9. The molecule has 3 nitrogen and oxygen atoms in total. The fourth-order valence-corrected chi connectivity index (χ4v) is 1.58. The maximum Gasteiger partial charge on any atom is 0.107 e. The van der Waals surface area contributed by atoms with Crippen molar-refractivity contribution in [2.45, 2.75) is 58.5 Å². The molecule has 0 aromatic carbocycles. The molecule has 1 unspecified atom stereocenters. The first kappa shape index (κ1) is 12.0. The van der Waals surface area contributed by atoms with E-state index in [1.807, 2.05) is 13.8 Å². The first-order valence-electron chi connectivity index (χ1n) is 5.48. The van der Waals surface area contributed by atoms with Crippen LogP contribution in [0.4, 0.5) is 0 Å². The molecule has 0 aliphatic carbocycles. The van der Waals surface area contributed by atoms with Gasteiger partial charge in [-0.3, -0.25) is 0 Å². The highest BCUT2D eigenvalue weighted by molar-refractivity contribution is 4.77. The second-order valence-electron chi connectivity index (χ2n) is 4.30. The molecule has 1 aliphatic heterocycles. The SMILES string of the molecule is CC(C)OC[C@H]1OCCC1OC(C)C. The lowest BCUT2D eigenvalue weighted by atomic mass is 10.2. The lowest BCUT2D eigenvalue weighted by Gasteiger charge is -2.22. The van der Waals surface area contributed by atoms with Gasteiger partial charge in [0.1, 0.15) is 6.10 Å². The summed E-state index contributed by atoms with van der Waals surface area (Å²) in [6.07, 6.45) is 1.86. The predicted octanol–water partition coefficient (Wildman–Crippen LogP) is 1.99. The van der Waals surface area contributed by atoms with Crippen molar-refractivity contribution in [3.05, 3.63) is 0 Å². The zero-order chi connectivity index (χ0) is 10.6. The fraction of sp³-hybridized carbons (Fsp3) is 1.00. The number of rotatable bonds is 5. The first-order chi connectivity index (χ1) is 6.59. The molecule has 1 aliphatic rings. The lowest BCUT2D eigenvalue weighted by Crippen LogP contribution is -2.32. The Morgan fingerprint density at radius 3 is 2.50 bits per heavy atom. The van der Waals surface area contributed by atoms with Crippen LogP contribution in [-0.4, -0.2) is 37.6 Å². The van der Waals surface area contributed by atoms with Crippen LogP contribution in [0.1, 0.15) is 34.1 Å². The van der Waals surface area contributed by atoms with E-state index < -0.39 is 0 Å². The maximum absolute atomic E-state index is 5.75. The van der Waals surface area contributed by atoms with Crippen LogP contribution in [0.3, 0.4) is 0 Å². The van der Waals surface area contributed by atoms with Crippen molar-refractivity contribution in [3.8, 4) is 0 Å². The Hall–Kier alpha value is -0.120. The van der Waals surface area contributed by atoms with Crippen LogP contribution in [0, 0.1) is 0 Å². The summed E-state index contributed by atoms with van der Waals surface area (Å²) in [5, 5.41) is 0. The van der Waals surface area contributed by atoms with Gasteiger partial charge in [-0.25, -0.2) is 0 Å². The number of ether oxygens (including phenoxy) is 3. The summed E-state index contributed by atoms with van der Waals surface area (Å²) in [6.45, 7) is 9.62. The molecule has 0 saturated carbocycles. The van der Waals surface area contributed by atoms with Crippen molar-refractivity contribution < 1.29 is 14.2 Å². The summed E-state index contributed by atoms with van der Waals surface area (Å²) >= 11 is 0. The smallest absolute Gasteiger partial charge is 0.107 e. The lowest BCUT2D eigenvalue weighted by molar-refractivity contribution is -0.0780. The van der Waals surface area contributed by atoms with Gasteiger partial charge in [-0.1, -0.05) is 0 Å². The number of hydrogen-bond donors (Lipinski definition) is 0. The molecular weight excluding hydrogens is 180 g/mol. The molecule has 1 saturated heterocycles. The summed E-state index contributed by atoms with van der Waals surface area (Å²) in [5.41, 5.74) is 0. The number of hydrogen-bond acceptors (Lipinski definition) is 3. The molecule has 3 heteroatoms. The third-order valence-corrected chi connectivity index (χ3v) is 2.19. The Bertz CT molecular complexity index is 157. The average molecular weight is 202 g/mol. The molecule has 1 fully saturated rings. The summed E-state index contributed by atoms with van der Waals surface area (Å²) in [4.78, 5) is 0. The van der Waals surface area contributed by atoms with Gasteiger partial charge < -0.3 is 14.2 Å². The van der Waals surface area contributed by atoms with Crippen molar-refractivity contribution in [3.63, 3.8) is 0 Å². The minimum Gasteiger partial charge on any atom is -0.376 e. The molecule has 0 amide bonds. The Morgan fingerprint density at radius 2 is 1.93 bits per heavy atom. The van der Waals surface area contributed by atoms with Gasteiger partial charge in [0, 0.05) is 6.61 Å². The molecule has 0 aromatic rings. The monoisotopic (exact) mass is 202 g/mol. The summed E-state index contributed by atoms with van der Waals surface area (Å²) < 4.78 is 16.9. The maximum atomic E-state index is 5.75. The van der Waals surface area contributed by atoms with Gasteiger partial charge in [0.25, 0.3) is 0 Å². The average Bonchev–Trinajstić information content (AvgIpc) is 2.47. The molecular formula is C11H22O3. The first-order valence-corrected chi connectivity index (χ1v) is 5.48. The molecule has 0 radical (unpaired) electrons. The molecule has 0 aromatic heterocycles. The fourth-order valence-electron chi connectivity index (χ4n) is 1.58. The van der Waals surface area contributed by atoms with E-state index in [0.29, 0.717) is 6.61 Å². The summed E-state index contributed by atoms with van der Waals surface area (Å²) in [5.74, 6) is 0. The Morgan fingerprint density at radius 1 is 1.21 bits per heavy atom. The molecule has 2 atom stereocenters. The van der Waals surface area contributed by atoms with E-state index in [1.165, 1.54) is 0 Å². The van der Waals surface area contributed by atoms with Crippen molar-refractivity contribution >= 4 is 0 Å². The summed E-state index contributed by atoms with van der Waals surface area (Å²) in [6, 6.07) is 0. The van der Waals surface area contributed by atoms with Gasteiger partial charge in [0.15, 0.2) is 0 Å². The molecule has 14 heavy (non-hydrogen) atoms. The standard InChI is InChI=1S/C11H22O3/c1-8(2)13-7-11-10(5-6-12-11)14-9(3)4/h8-11H,5-7H2,1-4H3/t10?,11-/m1/s1. The van der Waals surface area contributed by atoms with Gasteiger partial charge in [0.05, 0.1) is 24.9 Å². The van der Waals surface area contributed by atoms with Gasteiger partial charge in [-0.2, -0.15) is 0 Å². The van der Waals surface area contributed by atoms with Crippen LogP contribution in [0.15, 0.2) is 0 Å². The molecule has 0 bridgehead atoms. The van der Waals surface area contributed by atoms with E-state index in [9.17, 15) is 0 Å². The highest BCUT2D eigenvalue weighted by atomic mass is 16.6. The van der Waals surface area contributed by atoms with E-state index in [1.54, 1.807) is 0 Å². The van der Waals surface area contributed by atoms with E-state index in [4.69, 9.17) is 14.2 Å². The summed E-state index contributed by atoms with van der Waals surface area (Å²) in [7, 11) is 0. The van der Waals surface area contributed by atoms with E-state index >= 15 is 0 Å². The van der Waals surface area contributed by atoms with Crippen LogP contribution in [0.25, 0.3) is 0 Å². The zero-order valence-corrected chi connectivity index (χ0v) is 9.66. The van der Waals surface area contributed by atoms with Crippen molar-refractivity contribution in [1.82, 2.24) is 0 Å². The molecule has 0 N–H and O–H groups in total. The second-order valence-corrected chi connectivity index (χ2v) is 4.30. The third-order valence-electron chi connectivity index (χ3n) is 2.19. The third kappa shape index (κ3) is 3.95. The van der Waals surface area contributed by atoms with E-state index in [-0.39, 0.29) is 24.4 Å². The Kier molecular flexibility index (Phi) is 4.85. The van der Waals surface area contributed by atoms with Crippen LogP contribution < -0.4 is 0 Å². The topological polar surface area (TPSA) is 27.7 Å². The largest absolute Gasteiger partial charge is 0.376 e. The quantitative estimate of drug-likeness (QED) is 0.682. The minimum absolute atomic E-state index is 0.125. The van der Waals surface area contributed by atoms with Crippen molar-refractivity contribution in [2.24, 2.45) is 0 Å². The minimum atomic E-state index is 0.125. The Balaban J connectivity index is 2.28. The molecule has 1 heterocycles. The zero-order valence-electron chi connectivity index (χ0n) is 9.66. The van der Waals surface area contributed by atoms with Crippen molar-refractivity contribution in [1.29, 1.82) is 0 Å². The van der Waals surface area contributed by atoms with Gasteiger partial charge in [-0.15, -0.1) is 0 Å². The van der Waals surface area contributed by atoms with Gasteiger partial charge in [0.2, 0.25) is 0 Å².